The van der Waals surface area contributed by atoms with Gasteiger partial charge in [0.15, 0.2) is 6.04 Å². The Balaban J connectivity index is 1.39. The van der Waals surface area contributed by atoms with Gasteiger partial charge in [-0.15, -0.1) is 11.3 Å². The van der Waals surface area contributed by atoms with Gasteiger partial charge in [-0.05, 0) is 43.0 Å². The molecule has 0 radical (unpaired) electrons. The molecule has 3 aromatic rings. The fraction of sp³-hybridized carbons (Fsp3) is 0.440. The van der Waals surface area contributed by atoms with Crippen LogP contribution in [0.3, 0.4) is 0 Å². The summed E-state index contributed by atoms with van der Waals surface area (Å²) in [5, 5.41) is 4.51. The number of nitrogens with one attached hydrogen (secondary N) is 2. The third-order valence-corrected chi connectivity index (χ3v) is 7.67. The molecule has 1 fully saturated rings. The maximum Gasteiger partial charge on any atom is 0.282 e. The summed E-state index contributed by atoms with van der Waals surface area (Å²) in [6.45, 7) is 10.5. The molecule has 5 heteroatoms. The molecule has 1 aliphatic rings. The molecule has 0 saturated carbocycles. The van der Waals surface area contributed by atoms with Crippen LogP contribution in [-0.2, 0) is 4.79 Å². The molecule has 4 rings (SSSR count). The number of benzene rings is 2. The Hall–Kier alpha value is -2.24. The number of hydrogen-bond acceptors (Lipinski definition) is 3. The van der Waals surface area contributed by atoms with Gasteiger partial charge in [0.2, 0.25) is 0 Å². The molecule has 0 unspecified atom stereocenters. The highest BCUT2D eigenvalue weighted by atomic mass is 32.1. The fourth-order valence-corrected chi connectivity index (χ4v) is 5.63. The Bertz CT molecular complexity index is 1000. The van der Waals surface area contributed by atoms with Crippen molar-refractivity contribution in [1.82, 2.24) is 4.98 Å². The normalized spacial score (nSPS) is 20.4. The van der Waals surface area contributed by atoms with Crippen LogP contribution in [0.25, 0.3) is 10.2 Å². The van der Waals surface area contributed by atoms with Gasteiger partial charge in [0.05, 0.1) is 28.3 Å². The lowest BCUT2D eigenvalue weighted by Gasteiger charge is -2.32. The predicted molar refractivity (Wildman–Crippen MR) is 126 cm³/mol. The number of hydrogen-bond donors (Lipinski definition) is 2. The zero-order valence-corrected chi connectivity index (χ0v) is 19.2. The standard InChI is InChI=1S/C25H31N3OS/c1-16(2)20-9-7-8-17(3)23(20)27-24(29)18(4)28-14-12-19(13-15-28)25-26-21-10-5-6-11-22(21)30-25/h5-11,16,18-19H,12-15H2,1-4H3,(H,27,29)/p+1/t18-/m0/s1. The highest BCUT2D eigenvalue weighted by molar-refractivity contribution is 7.18. The molecule has 2 N–H and O–H groups in total. The summed E-state index contributed by atoms with van der Waals surface area (Å²) in [5.74, 6) is 1.03. The van der Waals surface area contributed by atoms with Crippen LogP contribution in [-0.4, -0.2) is 30.0 Å². The van der Waals surface area contributed by atoms with Crippen molar-refractivity contribution < 1.29 is 9.69 Å². The van der Waals surface area contributed by atoms with Crippen molar-refractivity contribution in [3.63, 3.8) is 0 Å². The molecule has 4 nitrogen and oxygen atoms in total. The van der Waals surface area contributed by atoms with Crippen LogP contribution in [0.5, 0.6) is 0 Å². The Labute approximate surface area is 183 Å². The number of aryl methyl sites for hydroxylation is 1. The van der Waals surface area contributed by atoms with Crippen LogP contribution in [0.4, 0.5) is 5.69 Å². The first kappa shape index (κ1) is 21.0. The van der Waals surface area contributed by atoms with E-state index in [4.69, 9.17) is 4.98 Å². The molecule has 1 aliphatic heterocycles. The van der Waals surface area contributed by atoms with Crippen LogP contribution in [0, 0.1) is 6.92 Å². The zero-order chi connectivity index (χ0) is 21.3. The van der Waals surface area contributed by atoms with Crippen molar-refractivity contribution in [2.45, 2.75) is 58.4 Å². The average Bonchev–Trinajstić information content (AvgIpc) is 3.19. The number of anilines is 1. The maximum atomic E-state index is 13.1. The number of aromatic nitrogens is 1. The predicted octanol–water partition coefficient (Wildman–Crippen LogP) is 4.52. The van der Waals surface area contributed by atoms with Gasteiger partial charge in [0.25, 0.3) is 5.91 Å². The van der Waals surface area contributed by atoms with Gasteiger partial charge in [-0.2, -0.15) is 0 Å². The summed E-state index contributed by atoms with van der Waals surface area (Å²) in [6.07, 6.45) is 2.18. The summed E-state index contributed by atoms with van der Waals surface area (Å²) in [7, 11) is 0. The lowest BCUT2D eigenvalue weighted by atomic mass is 9.96. The SMILES string of the molecule is Cc1cccc(C(C)C)c1NC(=O)[C@H](C)[NH+]1CCC(c2nc3ccccc3s2)CC1. The molecular formula is C25H32N3OS+. The number of amides is 1. The number of carbonyl (C=O) groups is 1. The second-order valence-electron chi connectivity index (χ2n) is 8.86. The average molecular weight is 423 g/mol. The smallest absolute Gasteiger partial charge is 0.282 e. The second-order valence-corrected chi connectivity index (χ2v) is 9.92. The van der Waals surface area contributed by atoms with Crippen LogP contribution in [0.1, 0.15) is 61.6 Å². The first-order chi connectivity index (χ1) is 14.4. The number of quaternary nitrogens is 1. The number of para-hydroxylation sites is 2. The minimum Gasteiger partial charge on any atom is -0.325 e. The Kier molecular flexibility index (Phi) is 6.21. The van der Waals surface area contributed by atoms with Gasteiger partial charge in [0, 0.05) is 24.4 Å². The van der Waals surface area contributed by atoms with Gasteiger partial charge in [-0.25, -0.2) is 4.98 Å². The number of nitrogens with zero attached hydrogens (tertiary/aromatic N) is 1. The molecule has 0 aliphatic carbocycles. The van der Waals surface area contributed by atoms with Gasteiger partial charge in [-0.3, -0.25) is 4.79 Å². The lowest BCUT2D eigenvalue weighted by Crippen LogP contribution is -3.17. The van der Waals surface area contributed by atoms with E-state index < -0.39 is 0 Å². The number of piperidine rings is 1. The van der Waals surface area contributed by atoms with Crippen molar-refractivity contribution in [3.8, 4) is 0 Å². The molecule has 0 spiro atoms. The Morgan fingerprint density at radius 3 is 2.53 bits per heavy atom. The molecule has 1 saturated heterocycles. The van der Waals surface area contributed by atoms with Gasteiger partial charge in [0.1, 0.15) is 0 Å². The number of thiazole rings is 1. The maximum absolute atomic E-state index is 13.1. The fourth-order valence-electron chi connectivity index (χ4n) is 4.49. The summed E-state index contributed by atoms with van der Waals surface area (Å²) >= 11 is 1.83. The van der Waals surface area contributed by atoms with Gasteiger partial charge in [-0.1, -0.05) is 44.2 Å². The van der Waals surface area contributed by atoms with Crippen LogP contribution in [0.2, 0.25) is 0 Å². The van der Waals surface area contributed by atoms with E-state index in [1.807, 2.05) is 11.3 Å². The quantitative estimate of drug-likeness (QED) is 0.635. The summed E-state index contributed by atoms with van der Waals surface area (Å²) in [5.41, 5.74) is 4.44. The van der Waals surface area contributed by atoms with Crippen molar-refractivity contribution in [3.05, 3.63) is 58.6 Å². The third kappa shape index (κ3) is 4.28. The molecular weight excluding hydrogens is 390 g/mol. The molecule has 0 bridgehead atoms. The largest absolute Gasteiger partial charge is 0.325 e. The highest BCUT2D eigenvalue weighted by Crippen LogP contribution is 2.32. The number of likely N-dealkylation sites (tertiary alicyclic amines) is 1. The molecule has 1 aromatic heterocycles. The van der Waals surface area contributed by atoms with Gasteiger partial charge < -0.3 is 10.2 Å². The summed E-state index contributed by atoms with van der Waals surface area (Å²) in [6, 6.07) is 14.6. The summed E-state index contributed by atoms with van der Waals surface area (Å²) in [4.78, 5) is 19.3. The Morgan fingerprint density at radius 1 is 1.10 bits per heavy atom. The van der Waals surface area contributed by atoms with Crippen molar-refractivity contribution in [2.75, 3.05) is 18.4 Å². The van der Waals surface area contributed by atoms with Crippen molar-refractivity contribution in [1.29, 1.82) is 0 Å². The molecule has 30 heavy (non-hydrogen) atoms. The number of carbonyl (C=O) groups excluding carboxylic acids is 1. The summed E-state index contributed by atoms with van der Waals surface area (Å²) < 4.78 is 1.27. The van der Waals surface area contributed by atoms with Crippen LogP contribution in [0.15, 0.2) is 42.5 Å². The molecule has 158 valence electrons. The zero-order valence-electron chi connectivity index (χ0n) is 18.4. The highest BCUT2D eigenvalue weighted by Gasteiger charge is 2.32. The lowest BCUT2D eigenvalue weighted by molar-refractivity contribution is -0.919. The molecule has 2 aromatic carbocycles. The monoisotopic (exact) mass is 422 g/mol. The first-order valence-electron chi connectivity index (χ1n) is 11.0. The topological polar surface area (TPSA) is 46.4 Å². The van der Waals surface area contributed by atoms with E-state index in [-0.39, 0.29) is 11.9 Å². The minimum absolute atomic E-state index is 0.0547. The molecule has 1 amide bonds. The van der Waals surface area contributed by atoms with Crippen LogP contribution < -0.4 is 10.2 Å². The van der Waals surface area contributed by atoms with Crippen molar-refractivity contribution >= 4 is 33.1 Å². The number of fused-ring (bicyclic) bond motifs is 1. The Morgan fingerprint density at radius 2 is 1.83 bits per heavy atom. The van der Waals surface area contributed by atoms with Gasteiger partial charge >= 0.3 is 0 Å². The van der Waals surface area contributed by atoms with E-state index >= 15 is 0 Å². The second kappa shape index (κ2) is 8.86. The molecule has 2 heterocycles. The van der Waals surface area contributed by atoms with E-state index in [1.54, 1.807) is 0 Å². The van der Waals surface area contributed by atoms with E-state index in [2.05, 4.69) is 75.5 Å². The van der Waals surface area contributed by atoms with E-state index in [0.717, 1.165) is 42.7 Å². The van der Waals surface area contributed by atoms with Crippen LogP contribution >= 0.6 is 11.3 Å². The molecule has 1 atom stereocenters. The van der Waals surface area contributed by atoms with E-state index in [0.29, 0.717) is 11.8 Å². The van der Waals surface area contributed by atoms with Crippen molar-refractivity contribution in [2.24, 2.45) is 0 Å². The first-order valence-corrected chi connectivity index (χ1v) is 11.9. The third-order valence-electron chi connectivity index (χ3n) is 6.47. The van der Waals surface area contributed by atoms with E-state index in [9.17, 15) is 4.79 Å². The number of rotatable bonds is 5. The minimum atomic E-state index is -0.0547. The van der Waals surface area contributed by atoms with E-state index in [1.165, 1.54) is 20.2 Å².